The van der Waals surface area contributed by atoms with E-state index in [9.17, 15) is 4.79 Å². The van der Waals surface area contributed by atoms with Crippen molar-refractivity contribution in [2.75, 3.05) is 19.6 Å². The lowest BCUT2D eigenvalue weighted by Gasteiger charge is -2.44. The minimum absolute atomic E-state index is 0.00821. The zero-order valence-corrected chi connectivity index (χ0v) is 14.5. The van der Waals surface area contributed by atoms with Gasteiger partial charge >= 0.3 is 5.35 Å². The molecule has 0 radical (unpaired) electrons. The number of nitrogens with one attached hydrogen (secondary N) is 1. The minimum atomic E-state index is -0.00821. The van der Waals surface area contributed by atoms with Crippen molar-refractivity contribution in [2.24, 2.45) is 5.92 Å². The summed E-state index contributed by atoms with van der Waals surface area (Å²) in [5, 5.41) is 11.0. The summed E-state index contributed by atoms with van der Waals surface area (Å²) in [4.78, 5) is 15.8. The summed E-state index contributed by atoms with van der Waals surface area (Å²) in [6.45, 7) is 3.31. The minimum Gasteiger partial charge on any atom is -0.402 e. The first-order chi connectivity index (χ1) is 11.7. The Balaban J connectivity index is 1.38. The molecule has 4 heterocycles. The molecule has 0 aliphatic carbocycles. The van der Waals surface area contributed by atoms with Crippen LogP contribution < -0.4 is 5.32 Å². The van der Waals surface area contributed by atoms with Gasteiger partial charge in [-0.15, -0.1) is 0 Å². The molecule has 126 valence electrons. The number of piperidine rings is 3. The number of amides is 1. The first-order valence-corrected chi connectivity index (χ1v) is 9.17. The predicted octanol–water partition coefficient (Wildman–Crippen LogP) is 2.70. The molecule has 0 spiro atoms. The van der Waals surface area contributed by atoms with Crippen LogP contribution in [0.3, 0.4) is 0 Å². The van der Waals surface area contributed by atoms with E-state index >= 15 is 0 Å². The van der Waals surface area contributed by atoms with E-state index in [4.69, 9.17) is 16.0 Å². The fourth-order valence-electron chi connectivity index (χ4n) is 3.39. The third-order valence-corrected chi connectivity index (χ3v) is 5.68. The molecule has 0 saturated carbocycles. The van der Waals surface area contributed by atoms with Crippen molar-refractivity contribution in [2.45, 2.75) is 29.0 Å². The summed E-state index contributed by atoms with van der Waals surface area (Å²) >= 11 is 6.91. The van der Waals surface area contributed by atoms with Crippen LogP contribution in [0.15, 0.2) is 38.8 Å². The van der Waals surface area contributed by atoms with Crippen molar-refractivity contribution in [1.82, 2.24) is 20.4 Å². The Bertz CT molecular complexity index is 728. The van der Waals surface area contributed by atoms with Crippen LogP contribution >= 0.6 is 23.4 Å². The zero-order chi connectivity index (χ0) is 16.5. The molecule has 1 unspecified atom stereocenters. The second-order valence-electron chi connectivity index (χ2n) is 6.17. The van der Waals surface area contributed by atoms with Gasteiger partial charge in [0, 0.05) is 23.0 Å². The number of benzene rings is 1. The Morgan fingerprint density at radius 1 is 1.25 bits per heavy atom. The van der Waals surface area contributed by atoms with Crippen LogP contribution in [-0.4, -0.2) is 46.7 Å². The smallest absolute Gasteiger partial charge is 0.313 e. The Morgan fingerprint density at radius 3 is 2.58 bits per heavy atom. The molecule has 3 fully saturated rings. The third kappa shape index (κ3) is 3.43. The van der Waals surface area contributed by atoms with Crippen LogP contribution in [0, 0.1) is 5.92 Å². The largest absolute Gasteiger partial charge is 0.402 e. The van der Waals surface area contributed by atoms with Crippen molar-refractivity contribution >= 4 is 29.3 Å². The Hall–Kier alpha value is -1.57. The van der Waals surface area contributed by atoms with Gasteiger partial charge in [0.1, 0.15) is 0 Å². The fraction of sp³-hybridized carbons (Fsp3) is 0.438. The lowest BCUT2D eigenvalue weighted by molar-refractivity contribution is 0.0620. The Kier molecular flexibility index (Phi) is 4.47. The normalized spacial score (nSPS) is 25.6. The van der Waals surface area contributed by atoms with Crippen molar-refractivity contribution in [3.05, 3.63) is 35.2 Å². The average Bonchev–Trinajstić information content (AvgIpc) is 3.01. The quantitative estimate of drug-likeness (QED) is 0.899. The van der Waals surface area contributed by atoms with E-state index < -0.39 is 0 Å². The zero-order valence-electron chi connectivity index (χ0n) is 12.9. The molecule has 2 aromatic rings. The summed E-state index contributed by atoms with van der Waals surface area (Å²) in [7, 11) is 0. The molecular weight excluding hydrogens is 348 g/mol. The molecule has 1 atom stereocenters. The molecule has 1 amide bonds. The van der Waals surface area contributed by atoms with Crippen LogP contribution in [0.2, 0.25) is 5.35 Å². The Morgan fingerprint density at radius 2 is 2.00 bits per heavy atom. The van der Waals surface area contributed by atoms with Gasteiger partial charge in [-0.2, -0.15) is 0 Å². The number of hydrogen-bond acceptors (Lipinski definition) is 6. The number of carbonyl (C=O) groups is 1. The van der Waals surface area contributed by atoms with Gasteiger partial charge in [0.05, 0.1) is 0 Å². The number of aromatic nitrogens is 2. The highest BCUT2D eigenvalue weighted by Gasteiger charge is 2.34. The highest BCUT2D eigenvalue weighted by molar-refractivity contribution is 7.99. The van der Waals surface area contributed by atoms with Crippen LogP contribution in [0.5, 0.6) is 0 Å². The predicted molar refractivity (Wildman–Crippen MR) is 90.3 cm³/mol. The summed E-state index contributed by atoms with van der Waals surface area (Å²) in [5.41, 5.74) is 0.666. The van der Waals surface area contributed by atoms with Gasteiger partial charge in [0.25, 0.3) is 11.1 Å². The molecular formula is C16H17ClN4O2S. The second kappa shape index (κ2) is 6.74. The van der Waals surface area contributed by atoms with Crippen LogP contribution in [0.4, 0.5) is 0 Å². The monoisotopic (exact) mass is 364 g/mol. The van der Waals surface area contributed by atoms with Gasteiger partial charge in [0.15, 0.2) is 0 Å². The summed E-state index contributed by atoms with van der Waals surface area (Å²) < 4.78 is 5.12. The third-order valence-electron chi connectivity index (χ3n) is 4.68. The van der Waals surface area contributed by atoms with Crippen molar-refractivity contribution in [3.63, 3.8) is 0 Å². The van der Waals surface area contributed by atoms with E-state index in [2.05, 4.69) is 20.4 Å². The van der Waals surface area contributed by atoms with E-state index in [1.165, 1.54) is 37.7 Å². The maximum atomic E-state index is 12.5. The SMILES string of the molecule is O=C(NC1CN2CCC1CC2)c1ccc(Sc2nnc(Cl)o2)cc1. The fourth-order valence-corrected chi connectivity index (χ4v) is 4.22. The Labute approximate surface area is 148 Å². The number of fused-ring (bicyclic) bond motifs is 3. The molecule has 3 aliphatic heterocycles. The summed E-state index contributed by atoms with van der Waals surface area (Å²) in [6, 6.07) is 7.64. The molecule has 1 aromatic heterocycles. The summed E-state index contributed by atoms with van der Waals surface area (Å²) in [5.74, 6) is 0.613. The molecule has 5 rings (SSSR count). The molecule has 6 nitrogen and oxygen atoms in total. The van der Waals surface area contributed by atoms with Gasteiger partial charge in [-0.3, -0.25) is 4.79 Å². The maximum Gasteiger partial charge on any atom is 0.313 e. The van der Waals surface area contributed by atoms with E-state index in [-0.39, 0.29) is 17.3 Å². The number of nitrogens with zero attached hydrogens (tertiary/aromatic N) is 3. The standard InChI is InChI=1S/C16H17ClN4O2S/c17-15-19-20-16(23-15)24-12-3-1-11(2-4-12)14(22)18-13-9-21-7-5-10(13)6-8-21/h1-4,10,13H,5-9H2,(H,18,22). The van der Waals surface area contributed by atoms with Crippen LogP contribution in [-0.2, 0) is 0 Å². The van der Waals surface area contributed by atoms with Gasteiger partial charge in [-0.05, 0) is 79.5 Å². The van der Waals surface area contributed by atoms with E-state index in [0.717, 1.165) is 11.4 Å². The van der Waals surface area contributed by atoms with Crippen LogP contribution in [0.1, 0.15) is 23.2 Å². The van der Waals surface area contributed by atoms with E-state index in [1.807, 2.05) is 24.3 Å². The van der Waals surface area contributed by atoms with Crippen molar-refractivity contribution in [3.8, 4) is 0 Å². The van der Waals surface area contributed by atoms with E-state index in [0.29, 0.717) is 16.7 Å². The van der Waals surface area contributed by atoms with Crippen molar-refractivity contribution < 1.29 is 9.21 Å². The first kappa shape index (κ1) is 15.9. The molecule has 8 heteroatoms. The van der Waals surface area contributed by atoms with Gasteiger partial charge in [0.2, 0.25) is 0 Å². The average molecular weight is 365 g/mol. The van der Waals surface area contributed by atoms with Gasteiger partial charge in [-0.1, -0.05) is 10.2 Å². The molecule has 2 bridgehead atoms. The van der Waals surface area contributed by atoms with Gasteiger partial charge < -0.3 is 14.6 Å². The molecule has 1 aromatic carbocycles. The highest BCUT2D eigenvalue weighted by atomic mass is 35.5. The van der Waals surface area contributed by atoms with Crippen LogP contribution in [0.25, 0.3) is 0 Å². The maximum absolute atomic E-state index is 12.5. The van der Waals surface area contributed by atoms with Gasteiger partial charge in [-0.25, -0.2) is 0 Å². The van der Waals surface area contributed by atoms with Crippen molar-refractivity contribution in [1.29, 1.82) is 0 Å². The molecule has 3 saturated heterocycles. The highest BCUT2D eigenvalue weighted by Crippen LogP contribution is 2.29. The number of rotatable bonds is 4. The molecule has 3 aliphatic rings. The van der Waals surface area contributed by atoms with E-state index in [1.54, 1.807) is 0 Å². The summed E-state index contributed by atoms with van der Waals surface area (Å²) in [6.07, 6.45) is 2.38. The number of carbonyl (C=O) groups excluding carboxylic acids is 1. The molecule has 24 heavy (non-hydrogen) atoms. The first-order valence-electron chi connectivity index (χ1n) is 7.97. The topological polar surface area (TPSA) is 71.3 Å². The lowest BCUT2D eigenvalue weighted by Crippen LogP contribution is -2.57. The molecule has 1 N–H and O–H groups in total. The number of halogens is 1. The number of hydrogen-bond donors (Lipinski definition) is 1. The lowest BCUT2D eigenvalue weighted by atomic mass is 9.84. The second-order valence-corrected chi connectivity index (χ2v) is 7.51.